The van der Waals surface area contributed by atoms with Crippen molar-refractivity contribution in [2.45, 2.75) is 58.6 Å². The molecule has 2 unspecified atom stereocenters. The van der Waals surface area contributed by atoms with Crippen LogP contribution in [0.2, 0.25) is 0 Å². The number of aliphatic hydroxyl groups is 1. The first-order valence-corrected chi connectivity index (χ1v) is 9.44. The van der Waals surface area contributed by atoms with Crippen molar-refractivity contribution in [1.82, 2.24) is 15.6 Å². The molecule has 6 heteroatoms. The average Bonchev–Trinajstić information content (AvgIpc) is 2.87. The highest BCUT2D eigenvalue weighted by atomic mass is 16.3. The molecule has 2 atom stereocenters. The molecule has 2 amide bonds. The van der Waals surface area contributed by atoms with Gasteiger partial charge in [-0.25, -0.2) is 9.78 Å². The van der Waals surface area contributed by atoms with E-state index in [0.717, 1.165) is 24.5 Å². The molecule has 0 aromatic carbocycles. The molecule has 1 aliphatic rings. The highest BCUT2D eigenvalue weighted by Gasteiger charge is 2.11. The van der Waals surface area contributed by atoms with Gasteiger partial charge in [-0.15, -0.1) is 0 Å². The highest BCUT2D eigenvalue weighted by Crippen LogP contribution is 2.17. The lowest BCUT2D eigenvalue weighted by atomic mass is 10.1. The largest absolute Gasteiger partial charge is 0.393 e. The summed E-state index contributed by atoms with van der Waals surface area (Å²) < 4.78 is 0. The molecule has 3 N–H and O–H groups in total. The number of hydrogen-bond acceptors (Lipinski definition) is 4. The normalized spacial score (nSPS) is 17.5. The minimum Gasteiger partial charge on any atom is -0.393 e. The molecule has 0 radical (unpaired) electrons. The Balaban J connectivity index is 1.72. The lowest BCUT2D eigenvalue weighted by Gasteiger charge is -2.21. The molecule has 2 rings (SSSR count). The number of anilines is 1. The van der Waals surface area contributed by atoms with Crippen LogP contribution in [-0.4, -0.2) is 41.9 Å². The summed E-state index contributed by atoms with van der Waals surface area (Å²) in [5.41, 5.74) is 0.991. The van der Waals surface area contributed by atoms with Crippen LogP contribution in [0.15, 0.2) is 18.3 Å². The number of rotatable bonds is 7. The first kappa shape index (κ1) is 19.5. The molecule has 1 aliphatic heterocycles. The van der Waals surface area contributed by atoms with Crippen molar-refractivity contribution in [2.24, 2.45) is 5.92 Å². The van der Waals surface area contributed by atoms with Crippen LogP contribution in [0.25, 0.3) is 0 Å². The Kier molecular flexibility index (Phi) is 7.98. The molecule has 2 heterocycles. The van der Waals surface area contributed by atoms with Gasteiger partial charge in [0.05, 0.1) is 6.10 Å². The maximum atomic E-state index is 11.8. The number of urea groups is 1. The lowest BCUT2D eigenvalue weighted by molar-refractivity contribution is 0.163. The first-order valence-electron chi connectivity index (χ1n) is 9.44. The summed E-state index contributed by atoms with van der Waals surface area (Å²) in [6.45, 7) is 6.96. The minimum atomic E-state index is -0.339. The molecule has 1 fully saturated rings. The summed E-state index contributed by atoms with van der Waals surface area (Å²) in [7, 11) is 0. The third-order valence-corrected chi connectivity index (χ3v) is 4.55. The van der Waals surface area contributed by atoms with Crippen LogP contribution in [0.5, 0.6) is 0 Å². The van der Waals surface area contributed by atoms with E-state index in [1.807, 2.05) is 25.3 Å². The molecule has 1 saturated heterocycles. The van der Waals surface area contributed by atoms with E-state index in [9.17, 15) is 9.90 Å². The molecule has 140 valence electrons. The number of hydrogen-bond donors (Lipinski definition) is 3. The summed E-state index contributed by atoms with van der Waals surface area (Å²) in [5, 5.41) is 15.0. The highest BCUT2D eigenvalue weighted by molar-refractivity contribution is 5.73. The van der Waals surface area contributed by atoms with Crippen molar-refractivity contribution in [3.8, 4) is 0 Å². The Morgan fingerprint density at radius 2 is 1.92 bits per heavy atom. The summed E-state index contributed by atoms with van der Waals surface area (Å²) >= 11 is 0. The molecule has 0 spiro atoms. The van der Waals surface area contributed by atoms with Crippen LogP contribution in [0.1, 0.15) is 51.5 Å². The van der Waals surface area contributed by atoms with Crippen LogP contribution in [0.4, 0.5) is 10.6 Å². The van der Waals surface area contributed by atoms with Crippen molar-refractivity contribution in [1.29, 1.82) is 0 Å². The number of nitrogens with one attached hydrogen (secondary N) is 2. The van der Waals surface area contributed by atoms with Gasteiger partial charge in [0.1, 0.15) is 5.82 Å². The first-order chi connectivity index (χ1) is 12.0. The summed E-state index contributed by atoms with van der Waals surface area (Å²) in [6.07, 6.45) is 7.27. The maximum Gasteiger partial charge on any atom is 0.315 e. The second-order valence-electron chi connectivity index (χ2n) is 7.18. The van der Waals surface area contributed by atoms with Gasteiger partial charge in [0, 0.05) is 32.4 Å². The van der Waals surface area contributed by atoms with Crippen LogP contribution < -0.4 is 15.5 Å². The molecule has 0 aliphatic carbocycles. The van der Waals surface area contributed by atoms with Crippen LogP contribution in [0.3, 0.4) is 0 Å². The molecule has 1 aromatic rings. The quantitative estimate of drug-likeness (QED) is 0.708. The van der Waals surface area contributed by atoms with E-state index in [1.165, 1.54) is 25.7 Å². The van der Waals surface area contributed by atoms with E-state index in [1.54, 1.807) is 6.92 Å². The second kappa shape index (κ2) is 10.2. The lowest BCUT2D eigenvalue weighted by Crippen LogP contribution is -2.37. The second-order valence-corrected chi connectivity index (χ2v) is 7.18. The van der Waals surface area contributed by atoms with E-state index < -0.39 is 0 Å². The fraction of sp³-hybridized carbons (Fsp3) is 0.684. The fourth-order valence-corrected chi connectivity index (χ4v) is 3.19. The molecular weight excluding hydrogens is 316 g/mol. The third kappa shape index (κ3) is 7.30. The van der Waals surface area contributed by atoms with Gasteiger partial charge in [-0.3, -0.25) is 0 Å². The molecule has 6 nitrogen and oxygen atoms in total. The summed E-state index contributed by atoms with van der Waals surface area (Å²) in [5.74, 6) is 1.28. The van der Waals surface area contributed by atoms with Gasteiger partial charge in [0.2, 0.25) is 0 Å². The smallest absolute Gasteiger partial charge is 0.315 e. The SMILES string of the molecule is CC(O)CC(C)CNC(=O)NCc1ccc(N2CCCCCC2)nc1. The number of nitrogens with zero attached hydrogens (tertiary/aromatic N) is 2. The van der Waals surface area contributed by atoms with Gasteiger partial charge in [-0.2, -0.15) is 0 Å². The number of carbonyl (C=O) groups is 1. The molecule has 1 aromatic heterocycles. The Morgan fingerprint density at radius 3 is 2.52 bits per heavy atom. The molecular formula is C19H32N4O2. The van der Waals surface area contributed by atoms with Gasteiger partial charge >= 0.3 is 6.03 Å². The fourth-order valence-electron chi connectivity index (χ4n) is 3.19. The Hall–Kier alpha value is -1.82. The van der Waals surface area contributed by atoms with Crippen molar-refractivity contribution in [3.05, 3.63) is 23.9 Å². The van der Waals surface area contributed by atoms with Gasteiger partial charge < -0.3 is 20.6 Å². The predicted molar refractivity (Wildman–Crippen MR) is 101 cm³/mol. The van der Waals surface area contributed by atoms with Crippen molar-refractivity contribution in [2.75, 3.05) is 24.5 Å². The molecule has 25 heavy (non-hydrogen) atoms. The van der Waals surface area contributed by atoms with Crippen molar-refractivity contribution in [3.63, 3.8) is 0 Å². The van der Waals surface area contributed by atoms with Gasteiger partial charge in [-0.05, 0) is 43.7 Å². The zero-order chi connectivity index (χ0) is 18.1. The van der Waals surface area contributed by atoms with Crippen LogP contribution in [0, 0.1) is 5.92 Å². The third-order valence-electron chi connectivity index (χ3n) is 4.55. The summed E-state index contributed by atoms with van der Waals surface area (Å²) in [6, 6.07) is 3.89. The minimum absolute atomic E-state index is 0.186. The number of aromatic nitrogens is 1. The van der Waals surface area contributed by atoms with E-state index in [0.29, 0.717) is 19.5 Å². The van der Waals surface area contributed by atoms with Crippen molar-refractivity contribution < 1.29 is 9.90 Å². The number of amides is 2. The van der Waals surface area contributed by atoms with Crippen LogP contribution >= 0.6 is 0 Å². The predicted octanol–water partition coefficient (Wildman–Crippen LogP) is 2.67. The van der Waals surface area contributed by atoms with Gasteiger partial charge in [-0.1, -0.05) is 25.8 Å². The van der Waals surface area contributed by atoms with E-state index in [4.69, 9.17) is 0 Å². The zero-order valence-corrected chi connectivity index (χ0v) is 15.5. The van der Waals surface area contributed by atoms with E-state index >= 15 is 0 Å². The average molecular weight is 348 g/mol. The Bertz CT molecular complexity index is 511. The maximum absolute atomic E-state index is 11.8. The number of pyridine rings is 1. The molecule has 0 saturated carbocycles. The zero-order valence-electron chi connectivity index (χ0n) is 15.5. The van der Waals surface area contributed by atoms with Crippen LogP contribution in [-0.2, 0) is 6.54 Å². The number of carbonyl (C=O) groups excluding carboxylic acids is 1. The molecule has 0 bridgehead atoms. The number of aliphatic hydroxyl groups excluding tert-OH is 1. The summed E-state index contributed by atoms with van der Waals surface area (Å²) in [4.78, 5) is 18.7. The van der Waals surface area contributed by atoms with Gasteiger partial charge in [0.25, 0.3) is 0 Å². The van der Waals surface area contributed by atoms with Gasteiger partial charge in [0.15, 0.2) is 0 Å². The van der Waals surface area contributed by atoms with E-state index in [2.05, 4.69) is 20.5 Å². The topological polar surface area (TPSA) is 77.5 Å². The Labute approximate surface area is 151 Å². The standard InChI is InChI=1S/C19H32N4O2/c1-15(11-16(2)24)12-21-19(25)22-14-17-7-8-18(20-13-17)23-9-5-3-4-6-10-23/h7-8,13,15-16,24H,3-6,9-12,14H2,1-2H3,(H2,21,22,25). The van der Waals surface area contributed by atoms with Crippen molar-refractivity contribution >= 4 is 11.8 Å². The monoisotopic (exact) mass is 348 g/mol. The Morgan fingerprint density at radius 1 is 1.20 bits per heavy atom. The van der Waals surface area contributed by atoms with E-state index in [-0.39, 0.29) is 18.1 Å².